The predicted molar refractivity (Wildman–Crippen MR) is 53.2 cm³/mol. The molecule has 14 heavy (non-hydrogen) atoms. The van der Waals surface area contributed by atoms with Crippen molar-refractivity contribution < 1.29 is 4.79 Å². The van der Waals surface area contributed by atoms with Crippen molar-refractivity contribution in [1.82, 2.24) is 10.2 Å². The highest BCUT2D eigenvalue weighted by molar-refractivity contribution is 5.79. The molecule has 1 aliphatic rings. The minimum Gasteiger partial charge on any atom is -0.391 e. The van der Waals surface area contributed by atoms with Gasteiger partial charge in [0.25, 0.3) is 0 Å². The number of hydrogen-bond acceptors (Lipinski definition) is 3. The maximum absolute atomic E-state index is 11.7. The molecule has 0 aliphatic carbocycles. The van der Waals surface area contributed by atoms with E-state index in [0.717, 1.165) is 12.8 Å². The zero-order valence-corrected chi connectivity index (χ0v) is 8.42. The first-order valence-electron chi connectivity index (χ1n) is 4.73. The number of hydrogen-bond donors (Lipinski definition) is 1. The van der Waals surface area contributed by atoms with Crippen molar-refractivity contribution in [1.29, 1.82) is 5.26 Å². The molecule has 1 fully saturated rings. The average Bonchev–Trinajstić information content (AvgIpc) is 2.65. The molecule has 0 unspecified atom stereocenters. The Labute approximate surface area is 84.2 Å². The Morgan fingerprint density at radius 2 is 2.50 bits per heavy atom. The van der Waals surface area contributed by atoms with Gasteiger partial charge < -0.3 is 10.2 Å². The number of likely N-dealkylation sites (tertiary alicyclic amines) is 1. The minimum absolute atomic E-state index is 0.00611. The molecule has 0 bridgehead atoms. The van der Waals surface area contributed by atoms with Crippen molar-refractivity contribution in [2.24, 2.45) is 0 Å². The highest BCUT2D eigenvalue weighted by Gasteiger charge is 2.28. The quantitative estimate of drug-likeness (QED) is 0.715. The lowest BCUT2D eigenvalue weighted by molar-refractivity contribution is -0.130. The second-order valence-corrected chi connectivity index (χ2v) is 3.40. The summed E-state index contributed by atoms with van der Waals surface area (Å²) in [6.07, 6.45) is 2.01. The van der Waals surface area contributed by atoms with Crippen molar-refractivity contribution in [3.8, 4) is 6.07 Å². The Morgan fingerprint density at radius 1 is 1.79 bits per heavy atom. The van der Waals surface area contributed by atoms with Gasteiger partial charge in [-0.15, -0.1) is 0 Å². The first-order chi connectivity index (χ1) is 6.69. The van der Waals surface area contributed by atoms with Gasteiger partial charge in [-0.25, -0.2) is 0 Å². The molecule has 4 nitrogen and oxygen atoms in total. The monoisotopic (exact) mass is 193 g/mol. The average molecular weight is 193 g/mol. The van der Waals surface area contributed by atoms with Crippen LogP contribution >= 0.6 is 0 Å². The Hall–Kier alpha value is -1.50. The molecule has 1 atom stereocenters. The van der Waals surface area contributed by atoms with Gasteiger partial charge in [0.15, 0.2) is 0 Å². The third-order valence-corrected chi connectivity index (χ3v) is 2.44. The zero-order chi connectivity index (χ0) is 10.6. The first-order valence-corrected chi connectivity index (χ1v) is 4.73. The van der Waals surface area contributed by atoms with Crippen LogP contribution in [0.1, 0.15) is 19.3 Å². The molecule has 0 aromatic carbocycles. The van der Waals surface area contributed by atoms with Gasteiger partial charge in [0.1, 0.15) is 6.04 Å². The van der Waals surface area contributed by atoms with Crippen LogP contribution < -0.4 is 5.32 Å². The van der Waals surface area contributed by atoms with Crippen molar-refractivity contribution >= 4 is 5.91 Å². The Morgan fingerprint density at radius 3 is 3.07 bits per heavy atom. The molecule has 1 N–H and O–H groups in total. The highest BCUT2D eigenvalue weighted by atomic mass is 16.2. The number of nitriles is 1. The summed E-state index contributed by atoms with van der Waals surface area (Å²) >= 11 is 0. The molecule has 1 amide bonds. The van der Waals surface area contributed by atoms with Gasteiger partial charge in [0, 0.05) is 19.3 Å². The number of nitrogens with zero attached hydrogens (tertiary/aromatic N) is 2. The van der Waals surface area contributed by atoms with Crippen molar-refractivity contribution in [2.45, 2.75) is 25.3 Å². The van der Waals surface area contributed by atoms with Gasteiger partial charge >= 0.3 is 0 Å². The van der Waals surface area contributed by atoms with E-state index in [4.69, 9.17) is 5.26 Å². The van der Waals surface area contributed by atoms with Gasteiger partial charge in [-0.3, -0.25) is 4.79 Å². The smallest absolute Gasteiger partial charge is 0.229 e. The summed E-state index contributed by atoms with van der Waals surface area (Å²) in [5, 5.41) is 11.6. The van der Waals surface area contributed by atoms with E-state index in [-0.39, 0.29) is 18.4 Å². The molecule has 0 aromatic rings. The lowest BCUT2D eigenvalue weighted by Crippen LogP contribution is -2.35. The Balaban J connectivity index is 2.52. The number of carbonyl (C=O) groups is 1. The van der Waals surface area contributed by atoms with Crippen molar-refractivity contribution in [2.75, 3.05) is 13.6 Å². The molecule has 1 rings (SSSR count). The van der Waals surface area contributed by atoms with E-state index >= 15 is 0 Å². The van der Waals surface area contributed by atoms with Crippen LogP contribution in [0.15, 0.2) is 12.3 Å². The maximum Gasteiger partial charge on any atom is 0.229 e. The largest absolute Gasteiger partial charge is 0.391 e. The molecule has 76 valence electrons. The molecular formula is C10H15N3O. The fourth-order valence-corrected chi connectivity index (χ4v) is 1.57. The molecule has 4 heteroatoms. The van der Waals surface area contributed by atoms with E-state index in [1.807, 2.05) is 0 Å². The van der Waals surface area contributed by atoms with Crippen LogP contribution in [-0.4, -0.2) is 30.4 Å². The topological polar surface area (TPSA) is 56.1 Å². The van der Waals surface area contributed by atoms with Gasteiger partial charge in [-0.05, 0) is 12.8 Å². The van der Waals surface area contributed by atoms with Crippen LogP contribution in [0.25, 0.3) is 0 Å². The van der Waals surface area contributed by atoms with E-state index in [1.165, 1.54) is 0 Å². The van der Waals surface area contributed by atoms with Gasteiger partial charge in [0.05, 0.1) is 12.5 Å². The molecule has 1 aliphatic heterocycles. The van der Waals surface area contributed by atoms with Gasteiger partial charge in [0.2, 0.25) is 5.91 Å². The zero-order valence-electron chi connectivity index (χ0n) is 8.42. The Kier molecular flexibility index (Phi) is 3.52. The van der Waals surface area contributed by atoms with Crippen LogP contribution in [0, 0.1) is 11.3 Å². The normalized spacial score (nSPS) is 20.3. The summed E-state index contributed by atoms with van der Waals surface area (Å²) < 4.78 is 0. The van der Waals surface area contributed by atoms with E-state index in [2.05, 4.69) is 18.0 Å². The van der Waals surface area contributed by atoms with Gasteiger partial charge in [-0.1, -0.05) is 6.58 Å². The molecule has 0 spiro atoms. The van der Waals surface area contributed by atoms with Crippen LogP contribution in [-0.2, 0) is 4.79 Å². The fraction of sp³-hybridized carbons (Fsp3) is 0.600. The van der Waals surface area contributed by atoms with Gasteiger partial charge in [-0.2, -0.15) is 5.26 Å². The van der Waals surface area contributed by atoms with Crippen molar-refractivity contribution in [3.05, 3.63) is 12.3 Å². The summed E-state index contributed by atoms with van der Waals surface area (Å²) in [6, 6.07) is 1.91. The number of amides is 1. The molecule has 0 saturated carbocycles. The molecule has 0 radical (unpaired) electrons. The Bertz CT molecular complexity index is 280. The summed E-state index contributed by atoms with van der Waals surface area (Å²) in [6.45, 7) is 4.40. The number of nitrogens with one attached hydrogen (secondary N) is 1. The fourth-order valence-electron chi connectivity index (χ4n) is 1.57. The van der Waals surface area contributed by atoms with Crippen LogP contribution in [0.3, 0.4) is 0 Å². The minimum atomic E-state index is -0.229. The van der Waals surface area contributed by atoms with E-state index < -0.39 is 0 Å². The van der Waals surface area contributed by atoms with Crippen LogP contribution in [0.4, 0.5) is 0 Å². The maximum atomic E-state index is 11.7. The summed E-state index contributed by atoms with van der Waals surface area (Å²) in [4.78, 5) is 13.3. The summed E-state index contributed by atoms with van der Waals surface area (Å²) in [7, 11) is 1.74. The van der Waals surface area contributed by atoms with Crippen LogP contribution in [0.5, 0.6) is 0 Å². The number of rotatable bonds is 3. The third-order valence-electron chi connectivity index (χ3n) is 2.44. The summed E-state index contributed by atoms with van der Waals surface area (Å²) in [5.74, 6) is -0.00611. The summed E-state index contributed by atoms with van der Waals surface area (Å²) in [5.41, 5.74) is 0.693. The van der Waals surface area contributed by atoms with E-state index in [1.54, 1.807) is 11.9 Å². The highest BCUT2D eigenvalue weighted by Crippen LogP contribution is 2.17. The van der Waals surface area contributed by atoms with E-state index in [0.29, 0.717) is 12.2 Å². The molecule has 1 heterocycles. The second-order valence-electron chi connectivity index (χ2n) is 3.40. The SMILES string of the molecule is C=C(CC(=O)N1CCC[C@H]1C#N)NC. The predicted octanol–water partition coefficient (Wildman–Crippen LogP) is 0.624. The lowest BCUT2D eigenvalue weighted by atomic mass is 10.2. The number of carbonyl (C=O) groups excluding carboxylic acids is 1. The van der Waals surface area contributed by atoms with E-state index in [9.17, 15) is 4.79 Å². The second kappa shape index (κ2) is 4.66. The molecule has 1 saturated heterocycles. The molecular weight excluding hydrogens is 178 g/mol. The first kappa shape index (κ1) is 10.6. The van der Waals surface area contributed by atoms with Crippen LogP contribution in [0.2, 0.25) is 0 Å². The molecule has 0 aromatic heterocycles. The lowest BCUT2D eigenvalue weighted by Gasteiger charge is -2.19. The standard InChI is InChI=1S/C10H15N3O/c1-8(12-2)6-10(14)13-5-3-4-9(13)7-11/h9,12H,1,3-6H2,2H3/t9-/m0/s1. The van der Waals surface area contributed by atoms with Crippen molar-refractivity contribution in [3.63, 3.8) is 0 Å². The third kappa shape index (κ3) is 2.25.